The number of carbonyl (C=O) groups excluding carboxylic acids is 1. The van der Waals surface area contributed by atoms with Gasteiger partial charge < -0.3 is 15.2 Å². The molecule has 3 atom stereocenters. The maximum atomic E-state index is 13.7. The first-order valence-corrected chi connectivity index (χ1v) is 8.07. The molecule has 24 heavy (non-hydrogen) atoms. The highest BCUT2D eigenvalue weighted by molar-refractivity contribution is 5.81. The summed E-state index contributed by atoms with van der Waals surface area (Å²) in [6.45, 7) is 1.80. The Balaban J connectivity index is 1.72. The van der Waals surface area contributed by atoms with Crippen molar-refractivity contribution in [1.29, 1.82) is 0 Å². The molecule has 1 aliphatic rings. The molecule has 5 heteroatoms. The number of para-hydroxylation sites is 1. The molecule has 0 aliphatic heterocycles. The molecule has 0 radical (unpaired) electrons. The molecule has 3 rings (SSSR count). The molecule has 0 fully saturated rings. The van der Waals surface area contributed by atoms with Crippen molar-refractivity contribution in [1.82, 2.24) is 5.32 Å². The maximum absolute atomic E-state index is 13.7. The van der Waals surface area contributed by atoms with Crippen LogP contribution in [-0.4, -0.2) is 23.2 Å². The van der Waals surface area contributed by atoms with Gasteiger partial charge in [0.25, 0.3) is 5.91 Å². The normalized spacial score (nSPS) is 20.3. The molecular formula is C19H20FNO3. The predicted molar refractivity (Wildman–Crippen MR) is 88.1 cm³/mol. The fraction of sp³-hybridized carbons (Fsp3) is 0.316. The number of carbonyl (C=O) groups is 1. The first-order valence-electron chi connectivity index (χ1n) is 8.07. The summed E-state index contributed by atoms with van der Waals surface area (Å²) in [5.41, 5.74) is 1.94. The Labute approximate surface area is 140 Å². The molecule has 0 saturated heterocycles. The van der Waals surface area contributed by atoms with Gasteiger partial charge in [0, 0.05) is 6.42 Å². The lowest BCUT2D eigenvalue weighted by Gasteiger charge is -2.22. The average Bonchev–Trinajstić information content (AvgIpc) is 2.90. The van der Waals surface area contributed by atoms with Gasteiger partial charge in [-0.15, -0.1) is 0 Å². The lowest BCUT2D eigenvalue weighted by atomic mass is 10.1. The Kier molecular flexibility index (Phi) is 4.81. The number of hydrogen-bond donors (Lipinski definition) is 2. The summed E-state index contributed by atoms with van der Waals surface area (Å²) in [7, 11) is 0. The highest BCUT2D eigenvalue weighted by Crippen LogP contribution is 2.31. The molecule has 2 N–H and O–H groups in total. The van der Waals surface area contributed by atoms with Crippen LogP contribution in [0.5, 0.6) is 5.75 Å². The molecule has 1 aliphatic carbocycles. The molecule has 4 nitrogen and oxygen atoms in total. The van der Waals surface area contributed by atoms with Crippen molar-refractivity contribution >= 4 is 5.91 Å². The molecule has 0 spiro atoms. The highest BCUT2D eigenvalue weighted by atomic mass is 19.1. The van der Waals surface area contributed by atoms with E-state index in [1.54, 1.807) is 19.1 Å². The van der Waals surface area contributed by atoms with Gasteiger partial charge in [0.1, 0.15) is 0 Å². The number of rotatable bonds is 5. The van der Waals surface area contributed by atoms with E-state index < -0.39 is 24.1 Å². The first kappa shape index (κ1) is 16.5. The minimum Gasteiger partial charge on any atom is -0.478 e. The average molecular weight is 329 g/mol. The third-order valence-electron chi connectivity index (χ3n) is 4.27. The SMILES string of the molecule is CCC(Oc1ccccc1F)C(=O)N[C@@H]1c2ccccc2C[C@@H]1O. The van der Waals surface area contributed by atoms with Crippen LogP contribution < -0.4 is 10.1 Å². The van der Waals surface area contributed by atoms with Crippen molar-refractivity contribution in [3.8, 4) is 5.75 Å². The molecule has 1 amide bonds. The van der Waals surface area contributed by atoms with Gasteiger partial charge in [0.2, 0.25) is 0 Å². The van der Waals surface area contributed by atoms with Crippen molar-refractivity contribution in [2.24, 2.45) is 0 Å². The quantitative estimate of drug-likeness (QED) is 0.887. The molecule has 0 heterocycles. The lowest BCUT2D eigenvalue weighted by Crippen LogP contribution is -2.42. The monoisotopic (exact) mass is 329 g/mol. The number of halogens is 1. The summed E-state index contributed by atoms with van der Waals surface area (Å²) >= 11 is 0. The van der Waals surface area contributed by atoms with Crippen molar-refractivity contribution in [3.63, 3.8) is 0 Å². The van der Waals surface area contributed by atoms with E-state index in [9.17, 15) is 14.3 Å². The van der Waals surface area contributed by atoms with E-state index in [1.165, 1.54) is 12.1 Å². The molecule has 0 bridgehead atoms. The van der Waals surface area contributed by atoms with E-state index in [0.717, 1.165) is 11.1 Å². The number of aliphatic hydroxyl groups is 1. The summed E-state index contributed by atoms with van der Waals surface area (Å²) in [6.07, 6.45) is -0.587. The van der Waals surface area contributed by atoms with Gasteiger partial charge in [-0.25, -0.2) is 4.39 Å². The largest absolute Gasteiger partial charge is 0.478 e. The predicted octanol–water partition coefficient (Wildman–Crippen LogP) is 2.76. The third kappa shape index (κ3) is 3.26. The number of benzene rings is 2. The molecule has 0 saturated carbocycles. The van der Waals surface area contributed by atoms with Crippen LogP contribution in [0, 0.1) is 5.82 Å². The summed E-state index contributed by atoms with van der Waals surface area (Å²) in [5, 5.41) is 13.1. The van der Waals surface area contributed by atoms with E-state index in [4.69, 9.17) is 4.74 Å². The van der Waals surface area contributed by atoms with Gasteiger partial charge in [0.15, 0.2) is 17.7 Å². The van der Waals surface area contributed by atoms with Crippen molar-refractivity contribution < 1.29 is 19.0 Å². The Morgan fingerprint density at radius 1 is 1.29 bits per heavy atom. The fourth-order valence-corrected chi connectivity index (χ4v) is 3.01. The van der Waals surface area contributed by atoms with Crippen LogP contribution in [-0.2, 0) is 11.2 Å². The third-order valence-corrected chi connectivity index (χ3v) is 4.27. The van der Waals surface area contributed by atoms with E-state index in [-0.39, 0.29) is 11.7 Å². The van der Waals surface area contributed by atoms with Crippen molar-refractivity contribution in [3.05, 3.63) is 65.5 Å². The first-order chi connectivity index (χ1) is 11.6. The van der Waals surface area contributed by atoms with Crippen LogP contribution in [0.3, 0.4) is 0 Å². The number of fused-ring (bicyclic) bond motifs is 1. The molecule has 1 unspecified atom stereocenters. The minimum absolute atomic E-state index is 0.0480. The smallest absolute Gasteiger partial charge is 0.261 e. The van der Waals surface area contributed by atoms with Gasteiger partial charge in [-0.05, 0) is 29.7 Å². The zero-order valence-corrected chi connectivity index (χ0v) is 13.4. The second-order valence-corrected chi connectivity index (χ2v) is 5.90. The van der Waals surface area contributed by atoms with Crippen LogP contribution in [0.25, 0.3) is 0 Å². The second kappa shape index (κ2) is 7.01. The van der Waals surface area contributed by atoms with Crippen LogP contribution in [0.4, 0.5) is 4.39 Å². The molecule has 2 aromatic carbocycles. The van der Waals surface area contributed by atoms with Gasteiger partial charge in [0.05, 0.1) is 12.1 Å². The Hall–Kier alpha value is -2.40. The van der Waals surface area contributed by atoms with Crippen molar-refractivity contribution in [2.75, 3.05) is 0 Å². The Morgan fingerprint density at radius 3 is 2.75 bits per heavy atom. The number of nitrogens with one attached hydrogen (secondary N) is 1. The zero-order valence-electron chi connectivity index (χ0n) is 13.4. The number of ether oxygens (including phenoxy) is 1. The topological polar surface area (TPSA) is 58.6 Å². The van der Waals surface area contributed by atoms with Crippen LogP contribution in [0.2, 0.25) is 0 Å². The van der Waals surface area contributed by atoms with Crippen molar-refractivity contribution in [2.45, 2.75) is 38.0 Å². The number of amides is 1. The summed E-state index contributed by atoms with van der Waals surface area (Å²) in [6, 6.07) is 13.2. The van der Waals surface area contributed by atoms with E-state index in [1.807, 2.05) is 24.3 Å². The fourth-order valence-electron chi connectivity index (χ4n) is 3.01. The van der Waals surface area contributed by atoms with E-state index in [2.05, 4.69) is 5.32 Å². The van der Waals surface area contributed by atoms with Gasteiger partial charge in [-0.2, -0.15) is 0 Å². The summed E-state index contributed by atoms with van der Waals surface area (Å²) < 4.78 is 19.2. The molecule has 0 aromatic heterocycles. The van der Waals surface area contributed by atoms with E-state index in [0.29, 0.717) is 12.8 Å². The number of hydrogen-bond acceptors (Lipinski definition) is 3. The molecular weight excluding hydrogens is 309 g/mol. The number of aliphatic hydroxyl groups excluding tert-OH is 1. The van der Waals surface area contributed by atoms with E-state index >= 15 is 0 Å². The zero-order chi connectivity index (χ0) is 17.1. The van der Waals surface area contributed by atoms with Crippen LogP contribution in [0.15, 0.2) is 48.5 Å². The van der Waals surface area contributed by atoms with Gasteiger partial charge in [-0.1, -0.05) is 43.3 Å². The van der Waals surface area contributed by atoms with Crippen LogP contribution >= 0.6 is 0 Å². The van der Waals surface area contributed by atoms with Gasteiger partial charge in [-0.3, -0.25) is 4.79 Å². The maximum Gasteiger partial charge on any atom is 0.261 e. The molecule has 126 valence electrons. The summed E-state index contributed by atoms with van der Waals surface area (Å²) in [4.78, 5) is 12.5. The van der Waals surface area contributed by atoms with Gasteiger partial charge >= 0.3 is 0 Å². The minimum atomic E-state index is -0.818. The highest BCUT2D eigenvalue weighted by Gasteiger charge is 2.33. The Morgan fingerprint density at radius 2 is 2.00 bits per heavy atom. The second-order valence-electron chi connectivity index (χ2n) is 5.90. The van der Waals surface area contributed by atoms with Crippen LogP contribution in [0.1, 0.15) is 30.5 Å². The molecule has 2 aromatic rings. The standard InChI is InChI=1S/C19H20FNO3/c1-2-16(24-17-10-6-5-9-14(17)20)19(23)21-18-13-8-4-3-7-12(13)11-15(18)22/h3-10,15-16,18,22H,2,11H2,1H3,(H,21,23)/t15-,16?,18+/m0/s1. The Bertz CT molecular complexity index is 734. The summed E-state index contributed by atoms with van der Waals surface area (Å²) in [5.74, 6) is -0.816. The lowest BCUT2D eigenvalue weighted by molar-refractivity contribution is -0.129.